The van der Waals surface area contributed by atoms with E-state index in [2.05, 4.69) is 26.3 Å². The minimum atomic E-state index is -0.0652. The lowest BCUT2D eigenvalue weighted by Gasteiger charge is -2.25. The van der Waals surface area contributed by atoms with Gasteiger partial charge in [0.15, 0.2) is 0 Å². The van der Waals surface area contributed by atoms with Gasteiger partial charge in [0, 0.05) is 20.2 Å². The second-order valence-electron chi connectivity index (χ2n) is 5.08. The van der Waals surface area contributed by atoms with Gasteiger partial charge in [-0.05, 0) is 41.6 Å². The summed E-state index contributed by atoms with van der Waals surface area (Å²) >= 11 is 3.37. The molecule has 1 unspecified atom stereocenters. The van der Waals surface area contributed by atoms with E-state index in [0.29, 0.717) is 22.6 Å². The Hall–Kier alpha value is -0.880. The number of nitrogens with zero attached hydrogens (tertiary/aromatic N) is 2. The Morgan fingerprint density at radius 1 is 1.63 bits per heavy atom. The van der Waals surface area contributed by atoms with Crippen LogP contribution >= 0.6 is 15.9 Å². The number of aromatic nitrogens is 2. The third kappa shape index (κ3) is 3.57. The summed E-state index contributed by atoms with van der Waals surface area (Å²) in [5, 5.41) is 7.33. The van der Waals surface area contributed by atoms with E-state index in [-0.39, 0.29) is 11.7 Å². The molecule has 0 saturated heterocycles. The van der Waals surface area contributed by atoms with Crippen molar-refractivity contribution in [3.8, 4) is 0 Å². The standard InChI is InChI=1S/C13H20BrN3O2/c1-9(19-2)6-15-12-11(14)7-16-17(13(12)18)8-10-4-3-5-10/h7,9-10,15H,3-6,8H2,1-2H3. The van der Waals surface area contributed by atoms with E-state index in [1.807, 2.05) is 6.92 Å². The number of ether oxygens (including phenoxy) is 1. The highest BCUT2D eigenvalue weighted by molar-refractivity contribution is 9.10. The monoisotopic (exact) mass is 329 g/mol. The summed E-state index contributed by atoms with van der Waals surface area (Å²) in [6.45, 7) is 3.27. The quantitative estimate of drug-likeness (QED) is 0.869. The van der Waals surface area contributed by atoms with E-state index in [9.17, 15) is 4.79 Å². The number of anilines is 1. The van der Waals surface area contributed by atoms with Gasteiger partial charge < -0.3 is 10.1 Å². The molecule has 1 aliphatic rings. The van der Waals surface area contributed by atoms with Crippen LogP contribution in [0.5, 0.6) is 0 Å². The second kappa shape index (κ2) is 6.52. The molecule has 1 aromatic heterocycles. The first-order chi connectivity index (χ1) is 9.11. The number of nitrogens with one attached hydrogen (secondary N) is 1. The van der Waals surface area contributed by atoms with Crippen LogP contribution in [0.4, 0.5) is 5.69 Å². The summed E-state index contributed by atoms with van der Waals surface area (Å²) in [4.78, 5) is 12.3. The van der Waals surface area contributed by atoms with Gasteiger partial charge in [-0.25, -0.2) is 4.68 Å². The Morgan fingerprint density at radius 3 is 2.95 bits per heavy atom. The molecule has 0 aliphatic heterocycles. The lowest BCUT2D eigenvalue weighted by atomic mass is 9.85. The van der Waals surface area contributed by atoms with Crippen LogP contribution in [0, 0.1) is 5.92 Å². The van der Waals surface area contributed by atoms with Crippen LogP contribution in [0.15, 0.2) is 15.5 Å². The molecule has 2 rings (SSSR count). The summed E-state index contributed by atoms with van der Waals surface area (Å²) in [5.74, 6) is 0.608. The highest BCUT2D eigenvalue weighted by Gasteiger charge is 2.20. The van der Waals surface area contributed by atoms with Crippen molar-refractivity contribution in [1.29, 1.82) is 0 Å². The summed E-state index contributed by atoms with van der Waals surface area (Å²) < 4.78 is 7.43. The van der Waals surface area contributed by atoms with Gasteiger partial charge in [-0.1, -0.05) is 6.42 Å². The average molecular weight is 330 g/mol. The predicted molar refractivity (Wildman–Crippen MR) is 78.5 cm³/mol. The number of hydrogen-bond acceptors (Lipinski definition) is 4. The summed E-state index contributed by atoms with van der Waals surface area (Å²) in [5.41, 5.74) is 0.503. The number of halogens is 1. The van der Waals surface area contributed by atoms with Crippen LogP contribution in [-0.4, -0.2) is 29.5 Å². The molecule has 1 heterocycles. The van der Waals surface area contributed by atoms with Crippen LogP contribution in [0.25, 0.3) is 0 Å². The van der Waals surface area contributed by atoms with Crippen molar-refractivity contribution in [1.82, 2.24) is 9.78 Å². The SMILES string of the molecule is COC(C)CNc1c(Br)cnn(CC2CCC2)c1=O. The van der Waals surface area contributed by atoms with Crippen molar-refractivity contribution in [3.05, 3.63) is 21.0 Å². The molecular formula is C13H20BrN3O2. The predicted octanol–water partition coefficient (Wildman–Crippen LogP) is 2.25. The average Bonchev–Trinajstić information content (AvgIpc) is 2.35. The van der Waals surface area contributed by atoms with Gasteiger partial charge in [0.25, 0.3) is 5.56 Å². The third-order valence-electron chi connectivity index (χ3n) is 3.62. The lowest BCUT2D eigenvalue weighted by molar-refractivity contribution is 0.128. The minimum Gasteiger partial charge on any atom is -0.380 e. The maximum absolute atomic E-state index is 12.3. The Balaban J connectivity index is 2.11. The molecule has 0 bridgehead atoms. The molecule has 1 atom stereocenters. The van der Waals surface area contributed by atoms with Crippen LogP contribution in [-0.2, 0) is 11.3 Å². The first kappa shape index (κ1) is 14.5. The molecule has 1 saturated carbocycles. The van der Waals surface area contributed by atoms with Crippen LogP contribution < -0.4 is 10.9 Å². The molecule has 106 valence electrons. The molecule has 1 aliphatic carbocycles. The zero-order chi connectivity index (χ0) is 13.8. The topological polar surface area (TPSA) is 56.1 Å². The van der Waals surface area contributed by atoms with Crippen molar-refractivity contribution < 1.29 is 4.74 Å². The van der Waals surface area contributed by atoms with Crippen molar-refractivity contribution >= 4 is 21.6 Å². The Kier molecular flexibility index (Phi) is 4.99. The normalized spacial score (nSPS) is 17.0. The maximum Gasteiger partial charge on any atom is 0.291 e. The van der Waals surface area contributed by atoms with Gasteiger partial charge >= 0.3 is 0 Å². The van der Waals surface area contributed by atoms with Crippen molar-refractivity contribution in [2.75, 3.05) is 19.0 Å². The van der Waals surface area contributed by atoms with Crippen molar-refractivity contribution in [2.24, 2.45) is 5.92 Å². The summed E-state index contributed by atoms with van der Waals surface area (Å²) in [7, 11) is 1.66. The van der Waals surface area contributed by atoms with Crippen molar-refractivity contribution in [3.63, 3.8) is 0 Å². The molecule has 1 fully saturated rings. The van der Waals surface area contributed by atoms with Crippen molar-refractivity contribution in [2.45, 2.75) is 38.8 Å². The number of hydrogen-bond donors (Lipinski definition) is 1. The first-order valence-corrected chi connectivity index (χ1v) is 7.43. The van der Waals surface area contributed by atoms with Crippen LogP contribution in [0.3, 0.4) is 0 Å². The van der Waals surface area contributed by atoms with E-state index in [4.69, 9.17) is 4.74 Å². The van der Waals surface area contributed by atoms with E-state index >= 15 is 0 Å². The zero-order valence-electron chi connectivity index (χ0n) is 11.4. The molecule has 5 nitrogen and oxygen atoms in total. The molecule has 0 aromatic carbocycles. The molecule has 6 heteroatoms. The fourth-order valence-electron chi connectivity index (χ4n) is 2.01. The second-order valence-corrected chi connectivity index (χ2v) is 5.93. The molecule has 0 radical (unpaired) electrons. The number of methoxy groups -OCH3 is 1. The molecule has 1 aromatic rings. The van der Waals surface area contributed by atoms with E-state index in [0.717, 1.165) is 6.54 Å². The Morgan fingerprint density at radius 2 is 2.37 bits per heavy atom. The zero-order valence-corrected chi connectivity index (χ0v) is 12.9. The molecule has 1 N–H and O–H groups in total. The molecule has 0 spiro atoms. The highest BCUT2D eigenvalue weighted by atomic mass is 79.9. The van der Waals surface area contributed by atoms with Gasteiger partial charge in [0.05, 0.1) is 16.8 Å². The summed E-state index contributed by atoms with van der Waals surface area (Å²) in [6.07, 6.45) is 5.41. The molecule has 19 heavy (non-hydrogen) atoms. The van der Waals surface area contributed by atoms with Crippen LogP contribution in [0.1, 0.15) is 26.2 Å². The Bertz CT molecular complexity index is 485. The van der Waals surface area contributed by atoms with E-state index in [1.54, 1.807) is 18.0 Å². The number of rotatable bonds is 6. The third-order valence-corrected chi connectivity index (χ3v) is 4.22. The lowest BCUT2D eigenvalue weighted by Crippen LogP contribution is -2.32. The van der Waals surface area contributed by atoms with E-state index in [1.165, 1.54) is 19.3 Å². The van der Waals surface area contributed by atoms with E-state index < -0.39 is 0 Å². The molecular weight excluding hydrogens is 310 g/mol. The first-order valence-electron chi connectivity index (χ1n) is 6.64. The van der Waals surface area contributed by atoms with Gasteiger partial charge in [-0.15, -0.1) is 0 Å². The fourth-order valence-corrected chi connectivity index (χ4v) is 2.41. The van der Waals surface area contributed by atoms with Gasteiger partial charge in [-0.2, -0.15) is 5.10 Å². The minimum absolute atomic E-state index is 0.0551. The maximum atomic E-state index is 12.3. The van der Waals surface area contributed by atoms with Gasteiger partial charge in [0.1, 0.15) is 5.69 Å². The largest absolute Gasteiger partial charge is 0.380 e. The highest BCUT2D eigenvalue weighted by Crippen LogP contribution is 2.27. The summed E-state index contributed by atoms with van der Waals surface area (Å²) in [6, 6.07) is 0. The van der Waals surface area contributed by atoms with Gasteiger partial charge in [-0.3, -0.25) is 4.79 Å². The van der Waals surface area contributed by atoms with Crippen LogP contribution in [0.2, 0.25) is 0 Å². The Labute approximate surface area is 121 Å². The molecule has 0 amide bonds. The smallest absolute Gasteiger partial charge is 0.291 e. The fraction of sp³-hybridized carbons (Fsp3) is 0.692. The van der Waals surface area contributed by atoms with Gasteiger partial charge in [0.2, 0.25) is 0 Å².